The summed E-state index contributed by atoms with van der Waals surface area (Å²) in [7, 11) is 0. The van der Waals surface area contributed by atoms with E-state index in [4.69, 9.17) is 5.11 Å². The number of likely N-dealkylation sites (tertiary alicyclic amines) is 1. The number of carbonyl (C=O) groups is 2. The van der Waals surface area contributed by atoms with Crippen LogP contribution in [-0.2, 0) is 9.59 Å². The quantitative estimate of drug-likeness (QED) is 0.713. The van der Waals surface area contributed by atoms with E-state index in [0.717, 1.165) is 45.3 Å². The van der Waals surface area contributed by atoms with Crippen LogP contribution in [0.15, 0.2) is 0 Å². The van der Waals surface area contributed by atoms with Crippen LogP contribution in [-0.4, -0.2) is 47.6 Å². The second-order valence-electron chi connectivity index (χ2n) is 5.41. The standard InChI is InChI=1S/C13H22N2O3/c16-12-5-4-10-9-15(8-6-11(10)14-12)7-2-1-3-13(17)18/h10-11H,1-9H2,(H,14,16)(H,17,18). The Hall–Kier alpha value is -1.10. The molecule has 2 fully saturated rings. The first-order valence-electron chi connectivity index (χ1n) is 6.88. The van der Waals surface area contributed by atoms with Crippen LogP contribution < -0.4 is 5.32 Å². The number of piperidine rings is 2. The molecule has 2 saturated heterocycles. The van der Waals surface area contributed by atoms with Gasteiger partial charge in [0.25, 0.3) is 0 Å². The van der Waals surface area contributed by atoms with Crippen LogP contribution in [0.25, 0.3) is 0 Å². The van der Waals surface area contributed by atoms with Gasteiger partial charge in [-0.05, 0) is 38.1 Å². The Morgan fingerprint density at radius 1 is 1.39 bits per heavy atom. The van der Waals surface area contributed by atoms with Crippen LogP contribution >= 0.6 is 0 Å². The molecule has 5 heteroatoms. The number of carboxylic acid groups (broad SMARTS) is 1. The molecule has 0 aromatic heterocycles. The number of unbranched alkanes of at least 4 members (excludes halogenated alkanes) is 1. The number of hydrogen-bond donors (Lipinski definition) is 2. The highest BCUT2D eigenvalue weighted by molar-refractivity contribution is 5.77. The molecule has 5 nitrogen and oxygen atoms in total. The second kappa shape index (κ2) is 6.18. The van der Waals surface area contributed by atoms with Gasteiger partial charge in [0.1, 0.15) is 0 Å². The summed E-state index contributed by atoms with van der Waals surface area (Å²) in [5.41, 5.74) is 0. The SMILES string of the molecule is O=C(O)CCCCN1CCC2NC(=O)CCC2C1. The number of carbonyl (C=O) groups excluding carboxylic acids is 1. The largest absolute Gasteiger partial charge is 0.481 e. The zero-order valence-corrected chi connectivity index (χ0v) is 10.7. The Balaban J connectivity index is 1.67. The van der Waals surface area contributed by atoms with Crippen LogP contribution in [0.5, 0.6) is 0 Å². The van der Waals surface area contributed by atoms with Crippen LogP contribution in [0.4, 0.5) is 0 Å². The minimum Gasteiger partial charge on any atom is -0.481 e. The number of aliphatic carboxylic acids is 1. The van der Waals surface area contributed by atoms with Crippen molar-refractivity contribution in [2.45, 2.75) is 44.6 Å². The van der Waals surface area contributed by atoms with Crippen molar-refractivity contribution in [2.24, 2.45) is 5.92 Å². The topological polar surface area (TPSA) is 69.6 Å². The Bertz CT molecular complexity index is 319. The molecule has 0 spiro atoms. The van der Waals surface area contributed by atoms with Gasteiger partial charge in [-0.15, -0.1) is 0 Å². The first-order chi connectivity index (χ1) is 8.65. The molecule has 0 radical (unpaired) electrons. The summed E-state index contributed by atoms with van der Waals surface area (Å²) in [6.45, 7) is 3.07. The lowest BCUT2D eigenvalue weighted by Gasteiger charge is -2.41. The summed E-state index contributed by atoms with van der Waals surface area (Å²) >= 11 is 0. The van der Waals surface area contributed by atoms with Gasteiger partial charge in [0.05, 0.1) is 0 Å². The molecule has 2 N–H and O–H groups in total. The van der Waals surface area contributed by atoms with Crippen molar-refractivity contribution >= 4 is 11.9 Å². The van der Waals surface area contributed by atoms with Crippen molar-refractivity contribution in [1.29, 1.82) is 0 Å². The van der Waals surface area contributed by atoms with Crippen LogP contribution in [0, 0.1) is 5.92 Å². The van der Waals surface area contributed by atoms with Gasteiger partial charge in [0, 0.05) is 32.0 Å². The lowest BCUT2D eigenvalue weighted by atomic mass is 9.85. The average Bonchev–Trinajstić information content (AvgIpc) is 2.34. The molecule has 0 aliphatic carbocycles. The lowest BCUT2D eigenvalue weighted by Crippen LogP contribution is -2.54. The molecule has 18 heavy (non-hydrogen) atoms. The predicted octanol–water partition coefficient (Wildman–Crippen LogP) is 0.842. The smallest absolute Gasteiger partial charge is 0.303 e. The van der Waals surface area contributed by atoms with Crippen LogP contribution in [0.3, 0.4) is 0 Å². The maximum absolute atomic E-state index is 11.3. The maximum atomic E-state index is 11.3. The number of amides is 1. The first kappa shape index (κ1) is 13.3. The molecule has 1 amide bonds. The molecule has 2 heterocycles. The summed E-state index contributed by atoms with van der Waals surface area (Å²) < 4.78 is 0. The Kier molecular flexibility index (Phi) is 4.58. The van der Waals surface area contributed by atoms with Crippen molar-refractivity contribution in [2.75, 3.05) is 19.6 Å². The van der Waals surface area contributed by atoms with E-state index < -0.39 is 5.97 Å². The molecule has 0 saturated carbocycles. The van der Waals surface area contributed by atoms with Gasteiger partial charge < -0.3 is 15.3 Å². The number of rotatable bonds is 5. The zero-order chi connectivity index (χ0) is 13.0. The molecule has 2 aliphatic rings. The van der Waals surface area contributed by atoms with E-state index >= 15 is 0 Å². The van der Waals surface area contributed by atoms with Gasteiger partial charge in [-0.1, -0.05) is 0 Å². The summed E-state index contributed by atoms with van der Waals surface area (Å²) in [4.78, 5) is 24.1. The monoisotopic (exact) mass is 254 g/mol. The summed E-state index contributed by atoms with van der Waals surface area (Å²) in [5.74, 6) is 0.0887. The average molecular weight is 254 g/mol. The van der Waals surface area contributed by atoms with Crippen LogP contribution in [0.2, 0.25) is 0 Å². The third kappa shape index (κ3) is 3.70. The van der Waals surface area contributed by atoms with Gasteiger partial charge in [-0.3, -0.25) is 9.59 Å². The van der Waals surface area contributed by atoms with Crippen molar-refractivity contribution in [3.05, 3.63) is 0 Å². The van der Waals surface area contributed by atoms with E-state index in [2.05, 4.69) is 10.2 Å². The highest BCUT2D eigenvalue weighted by Gasteiger charge is 2.33. The Morgan fingerprint density at radius 3 is 3.00 bits per heavy atom. The van der Waals surface area contributed by atoms with Crippen molar-refractivity contribution < 1.29 is 14.7 Å². The molecule has 0 bridgehead atoms. The van der Waals surface area contributed by atoms with Crippen molar-refractivity contribution in [3.8, 4) is 0 Å². The maximum Gasteiger partial charge on any atom is 0.303 e. The summed E-state index contributed by atoms with van der Waals surface area (Å²) in [5, 5.41) is 11.7. The molecular formula is C13H22N2O3. The Morgan fingerprint density at radius 2 is 2.22 bits per heavy atom. The highest BCUT2D eigenvalue weighted by atomic mass is 16.4. The number of nitrogens with zero attached hydrogens (tertiary/aromatic N) is 1. The minimum atomic E-state index is -0.705. The fraction of sp³-hybridized carbons (Fsp3) is 0.846. The molecule has 102 valence electrons. The van der Waals surface area contributed by atoms with Gasteiger partial charge >= 0.3 is 5.97 Å². The molecule has 2 unspecified atom stereocenters. The van der Waals surface area contributed by atoms with Gasteiger partial charge in [-0.25, -0.2) is 0 Å². The summed E-state index contributed by atoms with van der Waals surface area (Å²) in [6, 6.07) is 0.376. The molecule has 2 atom stereocenters. The molecular weight excluding hydrogens is 232 g/mol. The summed E-state index contributed by atoms with van der Waals surface area (Å²) in [6.07, 6.45) is 4.69. The third-order valence-electron chi connectivity index (χ3n) is 4.02. The number of nitrogens with one attached hydrogen (secondary N) is 1. The van der Waals surface area contributed by atoms with Gasteiger partial charge in [-0.2, -0.15) is 0 Å². The normalized spacial score (nSPS) is 28.6. The van der Waals surface area contributed by atoms with Crippen molar-refractivity contribution in [3.63, 3.8) is 0 Å². The number of carboxylic acids is 1. The van der Waals surface area contributed by atoms with E-state index in [1.807, 2.05) is 0 Å². The fourth-order valence-electron chi connectivity index (χ4n) is 3.00. The van der Waals surface area contributed by atoms with Crippen LogP contribution in [0.1, 0.15) is 38.5 Å². The number of hydrogen-bond acceptors (Lipinski definition) is 3. The van der Waals surface area contributed by atoms with E-state index in [9.17, 15) is 9.59 Å². The van der Waals surface area contributed by atoms with Gasteiger partial charge in [0.15, 0.2) is 0 Å². The molecule has 2 rings (SSSR count). The third-order valence-corrected chi connectivity index (χ3v) is 4.02. The molecule has 0 aromatic rings. The molecule has 2 aliphatic heterocycles. The van der Waals surface area contributed by atoms with E-state index in [-0.39, 0.29) is 12.3 Å². The second-order valence-corrected chi connectivity index (χ2v) is 5.41. The zero-order valence-electron chi connectivity index (χ0n) is 10.7. The Labute approximate surface area is 108 Å². The van der Waals surface area contributed by atoms with Gasteiger partial charge in [0.2, 0.25) is 5.91 Å². The number of fused-ring (bicyclic) bond motifs is 1. The van der Waals surface area contributed by atoms with Crippen molar-refractivity contribution in [1.82, 2.24) is 10.2 Å². The van der Waals surface area contributed by atoms with E-state index in [1.54, 1.807) is 0 Å². The first-order valence-corrected chi connectivity index (χ1v) is 6.88. The fourth-order valence-corrected chi connectivity index (χ4v) is 3.00. The lowest BCUT2D eigenvalue weighted by molar-refractivity contribution is -0.137. The van der Waals surface area contributed by atoms with E-state index in [0.29, 0.717) is 18.4 Å². The highest BCUT2D eigenvalue weighted by Crippen LogP contribution is 2.25. The van der Waals surface area contributed by atoms with E-state index in [1.165, 1.54) is 0 Å². The predicted molar refractivity (Wildman–Crippen MR) is 67.2 cm³/mol. The molecule has 0 aromatic carbocycles. The minimum absolute atomic E-state index is 0.200.